The van der Waals surface area contributed by atoms with E-state index in [2.05, 4.69) is 21.2 Å². The van der Waals surface area contributed by atoms with Crippen molar-refractivity contribution in [3.8, 4) is 11.5 Å². The smallest absolute Gasteiger partial charge is 0.244 e. The molecule has 44 heavy (non-hydrogen) atoms. The fourth-order valence-electron chi connectivity index (χ4n) is 5.66. The lowest BCUT2D eigenvalue weighted by molar-refractivity contribution is -0.140. The van der Waals surface area contributed by atoms with E-state index in [1.54, 1.807) is 18.2 Å². The fourth-order valence-corrected chi connectivity index (χ4v) is 7.16. The molecule has 5 rings (SSSR count). The number of halogens is 1. The van der Waals surface area contributed by atoms with Gasteiger partial charge in [0, 0.05) is 29.5 Å². The largest absolute Gasteiger partial charge is 0.486 e. The Kier molecular flexibility index (Phi) is 10.5. The standard InChI is InChI=1S/C33H38BrN3O6S/c1-2-44(40,41)37(28-15-16-30-31(21-28)43-18-17-42-30)23-32(38)36(22-25-11-8-12-26(34)19-25)29(20-24-9-4-3-5-10-24)33(39)35-27-13-6-7-14-27/h3-5,8-12,15-16,19,21,27,29H,2,6-7,13-14,17-18,20,22-23H2,1H3,(H,35,39). The van der Waals surface area contributed by atoms with Crippen LogP contribution in [0.2, 0.25) is 0 Å². The van der Waals surface area contributed by atoms with Gasteiger partial charge in [-0.05, 0) is 55.2 Å². The summed E-state index contributed by atoms with van der Waals surface area (Å²) in [6, 6.07) is 21.2. The van der Waals surface area contributed by atoms with E-state index in [9.17, 15) is 18.0 Å². The van der Waals surface area contributed by atoms with Crippen molar-refractivity contribution in [1.82, 2.24) is 10.2 Å². The van der Waals surface area contributed by atoms with Gasteiger partial charge < -0.3 is 19.7 Å². The Morgan fingerprint density at radius 3 is 2.34 bits per heavy atom. The van der Waals surface area contributed by atoms with Gasteiger partial charge in [-0.2, -0.15) is 0 Å². The molecule has 1 fully saturated rings. The molecule has 1 atom stereocenters. The summed E-state index contributed by atoms with van der Waals surface area (Å²) in [6.45, 7) is 1.92. The third kappa shape index (κ3) is 7.92. The topological polar surface area (TPSA) is 105 Å². The summed E-state index contributed by atoms with van der Waals surface area (Å²) >= 11 is 3.51. The van der Waals surface area contributed by atoms with Gasteiger partial charge in [-0.3, -0.25) is 13.9 Å². The molecule has 1 saturated carbocycles. The summed E-state index contributed by atoms with van der Waals surface area (Å²) in [7, 11) is -3.89. The molecule has 0 radical (unpaired) electrons. The zero-order chi connectivity index (χ0) is 31.1. The van der Waals surface area contributed by atoms with Crippen LogP contribution in [0.25, 0.3) is 0 Å². The van der Waals surface area contributed by atoms with Crippen molar-refractivity contribution in [2.45, 2.75) is 57.7 Å². The molecule has 0 bridgehead atoms. The van der Waals surface area contributed by atoms with E-state index in [-0.39, 0.29) is 30.7 Å². The summed E-state index contributed by atoms with van der Waals surface area (Å²) < 4.78 is 40.2. The normalized spacial score (nSPS) is 15.4. The molecule has 1 N–H and O–H groups in total. The van der Waals surface area contributed by atoms with E-state index in [0.29, 0.717) is 30.4 Å². The van der Waals surface area contributed by atoms with E-state index in [4.69, 9.17) is 9.47 Å². The van der Waals surface area contributed by atoms with Crippen LogP contribution in [0.3, 0.4) is 0 Å². The second-order valence-electron chi connectivity index (χ2n) is 11.1. The molecule has 2 amide bonds. The number of carbonyl (C=O) groups excluding carboxylic acids is 2. The highest BCUT2D eigenvalue weighted by molar-refractivity contribution is 9.10. The zero-order valence-corrected chi connectivity index (χ0v) is 27.2. The molecular formula is C33H38BrN3O6S. The number of carbonyl (C=O) groups is 2. The number of rotatable bonds is 12. The third-order valence-corrected chi connectivity index (χ3v) is 10.2. The number of amides is 2. The number of ether oxygens (including phenoxy) is 2. The number of benzene rings is 3. The third-order valence-electron chi connectivity index (χ3n) is 8.01. The molecule has 3 aromatic carbocycles. The van der Waals surface area contributed by atoms with E-state index in [0.717, 1.165) is 45.6 Å². The van der Waals surface area contributed by atoms with Gasteiger partial charge in [0.2, 0.25) is 21.8 Å². The zero-order valence-electron chi connectivity index (χ0n) is 24.8. The molecule has 234 valence electrons. The van der Waals surface area contributed by atoms with Crippen LogP contribution in [0.15, 0.2) is 77.3 Å². The molecule has 2 aliphatic rings. The molecule has 3 aromatic rings. The molecule has 0 aromatic heterocycles. The Morgan fingerprint density at radius 2 is 1.64 bits per heavy atom. The van der Waals surface area contributed by atoms with Crippen molar-refractivity contribution in [3.05, 3.63) is 88.4 Å². The van der Waals surface area contributed by atoms with Crippen molar-refractivity contribution in [2.24, 2.45) is 0 Å². The van der Waals surface area contributed by atoms with Gasteiger partial charge >= 0.3 is 0 Å². The Morgan fingerprint density at radius 1 is 0.932 bits per heavy atom. The Hall–Kier alpha value is -3.57. The van der Waals surface area contributed by atoms with Gasteiger partial charge in [-0.15, -0.1) is 0 Å². The van der Waals surface area contributed by atoms with E-state index < -0.39 is 28.5 Å². The van der Waals surface area contributed by atoms with Crippen LogP contribution in [-0.4, -0.2) is 62.7 Å². The van der Waals surface area contributed by atoms with Gasteiger partial charge in [-0.25, -0.2) is 8.42 Å². The predicted octanol–water partition coefficient (Wildman–Crippen LogP) is 5.08. The van der Waals surface area contributed by atoms with E-state index in [1.165, 1.54) is 11.8 Å². The highest BCUT2D eigenvalue weighted by Crippen LogP contribution is 2.35. The minimum atomic E-state index is -3.89. The van der Waals surface area contributed by atoms with E-state index >= 15 is 0 Å². The first-order valence-electron chi connectivity index (χ1n) is 15.0. The highest BCUT2D eigenvalue weighted by atomic mass is 79.9. The molecule has 1 aliphatic heterocycles. The minimum absolute atomic E-state index is 0.0540. The van der Waals surface area contributed by atoms with Crippen LogP contribution in [0, 0.1) is 0 Å². The van der Waals surface area contributed by atoms with Crippen molar-refractivity contribution in [1.29, 1.82) is 0 Å². The maximum atomic E-state index is 14.4. The minimum Gasteiger partial charge on any atom is -0.486 e. The Bertz CT molecular complexity index is 1560. The molecule has 9 nitrogen and oxygen atoms in total. The van der Waals surface area contributed by atoms with Gasteiger partial charge in [0.25, 0.3) is 0 Å². The molecule has 1 aliphatic carbocycles. The van der Waals surface area contributed by atoms with Gasteiger partial charge in [-0.1, -0.05) is 71.2 Å². The molecule has 1 heterocycles. The average molecular weight is 685 g/mol. The first-order chi connectivity index (χ1) is 21.2. The Balaban J connectivity index is 1.52. The number of nitrogens with one attached hydrogen (secondary N) is 1. The molecule has 0 spiro atoms. The second-order valence-corrected chi connectivity index (χ2v) is 14.2. The van der Waals surface area contributed by atoms with Crippen molar-refractivity contribution >= 4 is 43.5 Å². The van der Waals surface area contributed by atoms with Crippen LogP contribution in [-0.2, 0) is 32.6 Å². The number of fused-ring (bicyclic) bond motifs is 1. The lowest BCUT2D eigenvalue weighted by Crippen LogP contribution is -2.54. The molecule has 0 saturated heterocycles. The van der Waals surface area contributed by atoms with Crippen molar-refractivity contribution in [2.75, 3.05) is 29.8 Å². The van der Waals surface area contributed by atoms with Gasteiger partial charge in [0.05, 0.1) is 11.4 Å². The lowest BCUT2D eigenvalue weighted by atomic mass is 10.0. The van der Waals surface area contributed by atoms with Gasteiger partial charge in [0.15, 0.2) is 11.5 Å². The van der Waals surface area contributed by atoms with Crippen LogP contribution >= 0.6 is 15.9 Å². The number of hydrogen-bond acceptors (Lipinski definition) is 6. The maximum Gasteiger partial charge on any atom is 0.244 e. The molecular weight excluding hydrogens is 646 g/mol. The van der Waals surface area contributed by atoms with Gasteiger partial charge in [0.1, 0.15) is 25.8 Å². The first kappa shape index (κ1) is 31.8. The summed E-state index contributed by atoms with van der Waals surface area (Å²) in [5, 5.41) is 3.19. The average Bonchev–Trinajstić information content (AvgIpc) is 3.54. The quantitative estimate of drug-likeness (QED) is 0.286. The summed E-state index contributed by atoms with van der Waals surface area (Å²) in [5.74, 6) is -0.00671. The fraction of sp³-hybridized carbons (Fsp3) is 0.394. The molecule has 1 unspecified atom stereocenters. The number of nitrogens with zero attached hydrogens (tertiary/aromatic N) is 2. The summed E-state index contributed by atoms with van der Waals surface area (Å²) in [6.07, 6.45) is 4.18. The van der Waals surface area contributed by atoms with E-state index in [1.807, 2.05) is 54.6 Å². The van der Waals surface area contributed by atoms with Crippen LogP contribution in [0.4, 0.5) is 5.69 Å². The lowest BCUT2D eigenvalue weighted by Gasteiger charge is -2.34. The number of anilines is 1. The number of sulfonamides is 1. The Labute approximate surface area is 267 Å². The monoisotopic (exact) mass is 683 g/mol. The van der Waals surface area contributed by atoms with Crippen LogP contribution in [0.1, 0.15) is 43.7 Å². The summed E-state index contributed by atoms with van der Waals surface area (Å²) in [4.78, 5) is 29.9. The number of hydrogen-bond donors (Lipinski definition) is 1. The first-order valence-corrected chi connectivity index (χ1v) is 17.4. The van der Waals surface area contributed by atoms with Crippen molar-refractivity contribution < 1.29 is 27.5 Å². The SMILES string of the molecule is CCS(=O)(=O)N(CC(=O)N(Cc1cccc(Br)c1)C(Cc1ccccc1)C(=O)NC1CCCC1)c1ccc2c(c1)OCCO2. The van der Waals surface area contributed by atoms with Crippen molar-refractivity contribution in [3.63, 3.8) is 0 Å². The van der Waals surface area contributed by atoms with Crippen LogP contribution < -0.4 is 19.1 Å². The maximum absolute atomic E-state index is 14.4. The predicted molar refractivity (Wildman–Crippen MR) is 173 cm³/mol. The van der Waals surface area contributed by atoms with Crippen LogP contribution in [0.5, 0.6) is 11.5 Å². The second kappa shape index (κ2) is 14.5. The molecule has 11 heteroatoms. The highest BCUT2D eigenvalue weighted by Gasteiger charge is 2.35. The summed E-state index contributed by atoms with van der Waals surface area (Å²) in [5.41, 5.74) is 2.00.